The van der Waals surface area contributed by atoms with Gasteiger partial charge in [0, 0.05) is 24.0 Å². The molecule has 1 heterocycles. The summed E-state index contributed by atoms with van der Waals surface area (Å²) in [4.78, 5) is 48.8. The van der Waals surface area contributed by atoms with Crippen molar-refractivity contribution >= 4 is 23.8 Å². The standard InChI is InChI=1S/C29H33NO8/c1-17(11-14-24(32)33)10-12-21-27(36-4)18(2)22-16-37-29(35)26(22)28(21)38-25(34)15-13-23(31)30-19(3)20-8-6-5-7-9-20/h5-10,19H,11-16H2,1-4H3,(H,30,31)(H,32,33)/b17-10+/t19-/m0/s1. The van der Waals surface area contributed by atoms with Gasteiger partial charge in [-0.05, 0) is 44.7 Å². The summed E-state index contributed by atoms with van der Waals surface area (Å²) in [6.45, 7) is 5.50. The van der Waals surface area contributed by atoms with Crippen LogP contribution in [0.15, 0.2) is 42.0 Å². The minimum absolute atomic E-state index is 0.0121. The third kappa shape index (κ3) is 7.00. The fourth-order valence-electron chi connectivity index (χ4n) is 4.32. The molecular weight excluding hydrogens is 490 g/mol. The number of hydrogen-bond acceptors (Lipinski definition) is 7. The number of cyclic esters (lactones) is 1. The molecular formula is C29H33NO8. The second-order valence-corrected chi connectivity index (χ2v) is 9.22. The molecule has 9 heteroatoms. The number of amides is 1. The molecule has 3 rings (SSSR count). The van der Waals surface area contributed by atoms with Crippen LogP contribution in [0.1, 0.15) is 78.2 Å². The summed E-state index contributed by atoms with van der Waals surface area (Å²) in [5.41, 5.74) is 3.71. The predicted octanol–water partition coefficient (Wildman–Crippen LogP) is 4.59. The molecule has 9 nitrogen and oxygen atoms in total. The number of ether oxygens (including phenoxy) is 3. The number of carboxylic acid groups (broad SMARTS) is 1. The molecule has 0 fully saturated rings. The third-order valence-corrected chi connectivity index (χ3v) is 6.46. The molecule has 202 valence electrons. The van der Waals surface area contributed by atoms with E-state index in [4.69, 9.17) is 19.3 Å². The molecule has 0 aliphatic carbocycles. The van der Waals surface area contributed by atoms with Gasteiger partial charge in [0.25, 0.3) is 0 Å². The summed E-state index contributed by atoms with van der Waals surface area (Å²) in [5, 5.41) is 11.8. The molecule has 0 saturated carbocycles. The number of methoxy groups -OCH3 is 1. The lowest BCUT2D eigenvalue weighted by atomic mass is 9.94. The van der Waals surface area contributed by atoms with Gasteiger partial charge in [0.05, 0.1) is 19.6 Å². The molecule has 2 N–H and O–H groups in total. The van der Waals surface area contributed by atoms with Crippen molar-refractivity contribution in [3.05, 3.63) is 69.8 Å². The van der Waals surface area contributed by atoms with Gasteiger partial charge in [-0.3, -0.25) is 14.4 Å². The minimum atomic E-state index is -0.900. The van der Waals surface area contributed by atoms with Crippen LogP contribution in [0.5, 0.6) is 11.5 Å². The monoisotopic (exact) mass is 523 g/mol. The zero-order valence-electron chi connectivity index (χ0n) is 22.1. The predicted molar refractivity (Wildman–Crippen MR) is 139 cm³/mol. The Kier molecular flexibility index (Phi) is 9.65. The van der Waals surface area contributed by atoms with E-state index in [0.717, 1.165) is 11.1 Å². The van der Waals surface area contributed by atoms with Crippen LogP contribution >= 0.6 is 0 Å². The van der Waals surface area contributed by atoms with Crippen molar-refractivity contribution in [2.75, 3.05) is 7.11 Å². The first-order chi connectivity index (χ1) is 18.1. The van der Waals surface area contributed by atoms with Gasteiger partial charge in [-0.25, -0.2) is 4.79 Å². The first-order valence-corrected chi connectivity index (χ1v) is 12.4. The zero-order valence-corrected chi connectivity index (χ0v) is 22.1. The highest BCUT2D eigenvalue weighted by Crippen LogP contribution is 2.43. The number of hydrogen-bond donors (Lipinski definition) is 2. The summed E-state index contributed by atoms with van der Waals surface area (Å²) in [6.07, 6.45) is 2.13. The quantitative estimate of drug-likeness (QED) is 0.235. The van der Waals surface area contributed by atoms with Gasteiger partial charge in [-0.15, -0.1) is 0 Å². The fourth-order valence-corrected chi connectivity index (χ4v) is 4.32. The van der Waals surface area contributed by atoms with Gasteiger partial charge in [-0.2, -0.15) is 0 Å². The van der Waals surface area contributed by atoms with Crippen LogP contribution in [0.2, 0.25) is 0 Å². The van der Waals surface area contributed by atoms with Crippen molar-refractivity contribution in [3.8, 4) is 11.5 Å². The Morgan fingerprint density at radius 1 is 1.11 bits per heavy atom. The summed E-state index contributed by atoms with van der Waals surface area (Å²) in [7, 11) is 1.49. The van der Waals surface area contributed by atoms with Crippen LogP contribution < -0.4 is 14.8 Å². The number of carbonyl (C=O) groups excluding carboxylic acids is 3. The summed E-state index contributed by atoms with van der Waals surface area (Å²) >= 11 is 0. The molecule has 1 aliphatic rings. The van der Waals surface area contributed by atoms with Crippen LogP contribution in [0, 0.1) is 6.92 Å². The first-order valence-electron chi connectivity index (χ1n) is 12.4. The van der Waals surface area contributed by atoms with Crippen molar-refractivity contribution in [2.45, 2.75) is 65.5 Å². The van der Waals surface area contributed by atoms with Crippen molar-refractivity contribution in [3.63, 3.8) is 0 Å². The van der Waals surface area contributed by atoms with Crippen LogP contribution in [-0.2, 0) is 32.1 Å². The second-order valence-electron chi connectivity index (χ2n) is 9.22. The van der Waals surface area contributed by atoms with E-state index in [0.29, 0.717) is 28.9 Å². The summed E-state index contributed by atoms with van der Waals surface area (Å²) in [5.74, 6) is -1.97. The van der Waals surface area contributed by atoms with E-state index < -0.39 is 17.9 Å². The maximum absolute atomic E-state index is 12.9. The molecule has 0 saturated heterocycles. The maximum atomic E-state index is 12.9. The van der Waals surface area contributed by atoms with E-state index in [1.807, 2.05) is 50.3 Å². The van der Waals surface area contributed by atoms with E-state index in [9.17, 15) is 19.2 Å². The van der Waals surface area contributed by atoms with Crippen molar-refractivity contribution < 1.29 is 38.5 Å². The van der Waals surface area contributed by atoms with Crippen molar-refractivity contribution in [1.82, 2.24) is 5.32 Å². The molecule has 1 aliphatic heterocycles. The Labute approximate surface area is 221 Å². The molecule has 2 aromatic carbocycles. The van der Waals surface area contributed by atoms with Gasteiger partial charge in [0.2, 0.25) is 5.91 Å². The Hall–Kier alpha value is -4.14. The summed E-state index contributed by atoms with van der Waals surface area (Å²) < 4.78 is 16.6. The van der Waals surface area contributed by atoms with E-state index >= 15 is 0 Å². The topological polar surface area (TPSA) is 128 Å². The van der Waals surface area contributed by atoms with Gasteiger partial charge in [0.1, 0.15) is 17.9 Å². The normalized spacial score (nSPS) is 13.4. The van der Waals surface area contributed by atoms with Crippen molar-refractivity contribution in [2.24, 2.45) is 0 Å². The highest BCUT2D eigenvalue weighted by Gasteiger charge is 2.34. The molecule has 0 bridgehead atoms. The highest BCUT2D eigenvalue weighted by molar-refractivity contribution is 5.99. The Bertz CT molecular complexity index is 1250. The van der Waals surface area contributed by atoms with E-state index in [-0.39, 0.29) is 55.6 Å². The number of aliphatic carboxylic acids is 1. The number of rotatable bonds is 12. The number of esters is 2. The molecule has 0 spiro atoms. The molecule has 0 unspecified atom stereocenters. The van der Waals surface area contributed by atoms with E-state index in [1.54, 1.807) is 6.92 Å². The van der Waals surface area contributed by atoms with E-state index in [2.05, 4.69) is 5.32 Å². The number of nitrogens with one attached hydrogen (secondary N) is 1. The highest BCUT2D eigenvalue weighted by atomic mass is 16.6. The van der Waals surface area contributed by atoms with Gasteiger partial charge in [0.15, 0.2) is 5.75 Å². The average Bonchev–Trinajstić information content (AvgIpc) is 3.29. The Morgan fingerprint density at radius 3 is 2.47 bits per heavy atom. The molecule has 1 amide bonds. The van der Waals surface area contributed by atoms with Crippen LogP contribution in [0.3, 0.4) is 0 Å². The number of fused-ring (bicyclic) bond motifs is 1. The second kappa shape index (κ2) is 12.9. The van der Waals surface area contributed by atoms with Crippen molar-refractivity contribution in [1.29, 1.82) is 0 Å². The van der Waals surface area contributed by atoms with Crippen LogP contribution in [-0.4, -0.2) is 36.0 Å². The lowest BCUT2D eigenvalue weighted by Crippen LogP contribution is -2.27. The number of carbonyl (C=O) groups is 4. The van der Waals surface area contributed by atoms with Gasteiger partial charge < -0.3 is 24.6 Å². The Balaban J connectivity index is 1.79. The van der Waals surface area contributed by atoms with Crippen LogP contribution in [0.25, 0.3) is 0 Å². The van der Waals surface area contributed by atoms with Crippen LogP contribution in [0.4, 0.5) is 0 Å². The fraction of sp³-hybridized carbons (Fsp3) is 0.379. The van der Waals surface area contributed by atoms with E-state index in [1.165, 1.54) is 7.11 Å². The molecule has 2 aromatic rings. The zero-order chi connectivity index (χ0) is 27.8. The molecule has 0 aromatic heterocycles. The average molecular weight is 524 g/mol. The number of allylic oxidation sites excluding steroid dienone is 2. The first kappa shape index (κ1) is 28.4. The lowest BCUT2D eigenvalue weighted by Gasteiger charge is -2.19. The number of carboxylic acids is 1. The molecule has 38 heavy (non-hydrogen) atoms. The lowest BCUT2D eigenvalue weighted by molar-refractivity contribution is -0.137. The van der Waals surface area contributed by atoms with Gasteiger partial charge in [-0.1, -0.05) is 42.0 Å². The third-order valence-electron chi connectivity index (χ3n) is 6.46. The largest absolute Gasteiger partial charge is 0.496 e. The minimum Gasteiger partial charge on any atom is -0.496 e. The smallest absolute Gasteiger partial charge is 0.342 e. The SMILES string of the molecule is COc1c(C)c2c(c(OC(=O)CCC(=O)N[C@@H](C)c3ccccc3)c1C/C=C(\C)CCC(=O)O)C(=O)OC2. The number of benzene rings is 2. The molecule has 0 radical (unpaired) electrons. The maximum Gasteiger partial charge on any atom is 0.342 e. The van der Waals surface area contributed by atoms with Gasteiger partial charge >= 0.3 is 17.9 Å². The molecule has 1 atom stereocenters. The Morgan fingerprint density at radius 2 is 1.82 bits per heavy atom. The summed E-state index contributed by atoms with van der Waals surface area (Å²) in [6, 6.07) is 9.25.